The predicted octanol–water partition coefficient (Wildman–Crippen LogP) is 4.04. The average molecular weight is 413 g/mol. The van der Waals surface area contributed by atoms with Gasteiger partial charge in [-0.1, -0.05) is 24.6 Å². The van der Waals surface area contributed by atoms with Gasteiger partial charge >= 0.3 is 0 Å². The molecule has 1 aromatic heterocycles. The van der Waals surface area contributed by atoms with Gasteiger partial charge in [0.25, 0.3) is 5.91 Å². The van der Waals surface area contributed by atoms with Crippen LogP contribution in [0.3, 0.4) is 0 Å². The molecule has 0 saturated carbocycles. The molecular formula is C24H32N2O4. The van der Waals surface area contributed by atoms with Gasteiger partial charge in [-0.3, -0.25) is 9.59 Å². The third kappa shape index (κ3) is 5.72. The van der Waals surface area contributed by atoms with Crippen LogP contribution in [0.1, 0.15) is 54.8 Å². The minimum absolute atomic E-state index is 0.0359. The zero-order valence-electron chi connectivity index (χ0n) is 18.2. The number of benzene rings is 1. The van der Waals surface area contributed by atoms with Gasteiger partial charge in [0.2, 0.25) is 5.91 Å². The molecule has 162 valence electrons. The van der Waals surface area contributed by atoms with Gasteiger partial charge in [-0.15, -0.1) is 0 Å². The van der Waals surface area contributed by atoms with E-state index in [0.29, 0.717) is 18.7 Å². The first-order chi connectivity index (χ1) is 14.5. The molecule has 2 heterocycles. The maximum absolute atomic E-state index is 13.3. The molecule has 1 aromatic carbocycles. The third-order valence-corrected chi connectivity index (χ3v) is 5.72. The van der Waals surface area contributed by atoms with E-state index in [0.717, 1.165) is 37.2 Å². The van der Waals surface area contributed by atoms with Crippen molar-refractivity contribution in [3.8, 4) is 0 Å². The number of hydrogen-bond acceptors (Lipinski definition) is 4. The van der Waals surface area contributed by atoms with Gasteiger partial charge in [0.1, 0.15) is 12.3 Å². The van der Waals surface area contributed by atoms with Crippen molar-refractivity contribution in [1.82, 2.24) is 9.80 Å². The Hall–Kier alpha value is -2.60. The van der Waals surface area contributed by atoms with Crippen LogP contribution in [0.25, 0.3) is 0 Å². The first-order valence-electron chi connectivity index (χ1n) is 10.8. The van der Waals surface area contributed by atoms with Crippen LogP contribution in [0.4, 0.5) is 0 Å². The summed E-state index contributed by atoms with van der Waals surface area (Å²) in [5.41, 5.74) is 1.70. The average Bonchev–Trinajstić information content (AvgIpc) is 3.45. The molecule has 0 unspecified atom stereocenters. The third-order valence-electron chi connectivity index (χ3n) is 5.72. The second kappa shape index (κ2) is 10.4. The van der Waals surface area contributed by atoms with E-state index in [2.05, 4.69) is 0 Å². The SMILES string of the molecule is CC[C@H](C)N(CC(=O)N(Cc1ccco1)C[C@@H]1CCCO1)C(=O)c1ccc(C)cc1. The summed E-state index contributed by atoms with van der Waals surface area (Å²) in [6.07, 6.45) is 4.37. The van der Waals surface area contributed by atoms with Crippen molar-refractivity contribution >= 4 is 11.8 Å². The van der Waals surface area contributed by atoms with Gasteiger partial charge in [0, 0.05) is 24.8 Å². The molecule has 1 saturated heterocycles. The lowest BCUT2D eigenvalue weighted by Gasteiger charge is -2.32. The molecule has 1 aliphatic rings. The van der Waals surface area contributed by atoms with E-state index in [1.165, 1.54) is 0 Å². The molecule has 3 rings (SSSR count). The fourth-order valence-corrected chi connectivity index (χ4v) is 3.64. The highest BCUT2D eigenvalue weighted by Gasteiger charge is 2.28. The molecule has 1 fully saturated rings. The molecule has 0 radical (unpaired) electrons. The Morgan fingerprint density at radius 3 is 2.57 bits per heavy atom. The summed E-state index contributed by atoms with van der Waals surface area (Å²) >= 11 is 0. The lowest BCUT2D eigenvalue weighted by Crippen LogP contribution is -2.47. The summed E-state index contributed by atoms with van der Waals surface area (Å²) in [4.78, 5) is 29.9. The van der Waals surface area contributed by atoms with Gasteiger partial charge in [-0.05, 0) is 57.4 Å². The Kier molecular flexibility index (Phi) is 7.69. The monoisotopic (exact) mass is 412 g/mol. The highest BCUT2D eigenvalue weighted by molar-refractivity contribution is 5.96. The minimum Gasteiger partial charge on any atom is -0.467 e. The quantitative estimate of drug-likeness (QED) is 0.624. The van der Waals surface area contributed by atoms with Crippen molar-refractivity contribution < 1.29 is 18.7 Å². The summed E-state index contributed by atoms with van der Waals surface area (Å²) in [6, 6.07) is 11.1. The van der Waals surface area contributed by atoms with Crippen LogP contribution in [-0.4, -0.2) is 53.5 Å². The Bertz CT molecular complexity index is 810. The number of ether oxygens (including phenoxy) is 1. The Morgan fingerprint density at radius 1 is 1.20 bits per heavy atom. The van der Waals surface area contributed by atoms with Crippen LogP contribution in [-0.2, 0) is 16.1 Å². The highest BCUT2D eigenvalue weighted by Crippen LogP contribution is 2.17. The molecule has 0 spiro atoms. The molecule has 0 N–H and O–H groups in total. The normalized spacial score (nSPS) is 17.0. The van der Waals surface area contributed by atoms with E-state index in [9.17, 15) is 9.59 Å². The highest BCUT2D eigenvalue weighted by atomic mass is 16.5. The maximum Gasteiger partial charge on any atom is 0.254 e. The Labute approximate surface area is 178 Å². The molecule has 2 amide bonds. The van der Waals surface area contributed by atoms with Crippen molar-refractivity contribution in [2.75, 3.05) is 19.7 Å². The van der Waals surface area contributed by atoms with Crippen LogP contribution in [0.5, 0.6) is 0 Å². The first kappa shape index (κ1) is 22.1. The van der Waals surface area contributed by atoms with E-state index < -0.39 is 0 Å². The van der Waals surface area contributed by atoms with Crippen molar-refractivity contribution in [2.24, 2.45) is 0 Å². The number of carbonyl (C=O) groups is 2. The van der Waals surface area contributed by atoms with E-state index in [1.54, 1.807) is 16.1 Å². The summed E-state index contributed by atoms with van der Waals surface area (Å²) in [7, 11) is 0. The maximum atomic E-state index is 13.3. The van der Waals surface area contributed by atoms with Gasteiger partial charge in [-0.25, -0.2) is 0 Å². The number of amides is 2. The molecular weight excluding hydrogens is 380 g/mol. The van der Waals surface area contributed by atoms with E-state index in [1.807, 2.05) is 57.2 Å². The van der Waals surface area contributed by atoms with Crippen LogP contribution >= 0.6 is 0 Å². The van der Waals surface area contributed by atoms with Crippen LogP contribution in [0.2, 0.25) is 0 Å². The van der Waals surface area contributed by atoms with Crippen molar-refractivity contribution in [2.45, 2.75) is 58.7 Å². The standard InChI is InChI=1S/C24H32N2O4/c1-4-19(3)26(24(28)20-11-9-18(2)10-12-20)17-23(27)25(15-21-7-5-13-29-21)16-22-8-6-14-30-22/h5,7,9-13,19,22H,4,6,8,14-17H2,1-3H3/t19-,22-/m0/s1. The largest absolute Gasteiger partial charge is 0.467 e. The molecule has 30 heavy (non-hydrogen) atoms. The molecule has 2 aromatic rings. The summed E-state index contributed by atoms with van der Waals surface area (Å²) in [6.45, 7) is 7.65. The molecule has 0 aliphatic carbocycles. The minimum atomic E-state index is -0.118. The molecule has 6 nitrogen and oxygen atoms in total. The lowest BCUT2D eigenvalue weighted by atomic mass is 10.1. The molecule has 6 heteroatoms. The van der Waals surface area contributed by atoms with Gasteiger partial charge < -0.3 is 19.0 Å². The second-order valence-corrected chi connectivity index (χ2v) is 8.05. The number of rotatable bonds is 9. The Morgan fingerprint density at radius 2 is 1.97 bits per heavy atom. The van der Waals surface area contributed by atoms with Crippen molar-refractivity contribution in [3.05, 3.63) is 59.5 Å². The Balaban J connectivity index is 1.76. The zero-order chi connectivity index (χ0) is 21.5. The first-order valence-corrected chi connectivity index (χ1v) is 10.8. The molecule has 2 atom stereocenters. The van der Waals surface area contributed by atoms with Gasteiger partial charge in [0.15, 0.2) is 0 Å². The number of carbonyl (C=O) groups excluding carboxylic acids is 2. The number of hydrogen-bond donors (Lipinski definition) is 0. The van der Waals surface area contributed by atoms with Crippen LogP contribution in [0, 0.1) is 6.92 Å². The van der Waals surface area contributed by atoms with E-state index >= 15 is 0 Å². The fraction of sp³-hybridized carbons (Fsp3) is 0.500. The molecule has 0 bridgehead atoms. The van der Waals surface area contributed by atoms with E-state index in [4.69, 9.17) is 9.15 Å². The number of furan rings is 1. The van der Waals surface area contributed by atoms with Gasteiger partial charge in [-0.2, -0.15) is 0 Å². The van der Waals surface area contributed by atoms with Crippen LogP contribution in [0.15, 0.2) is 47.1 Å². The fourth-order valence-electron chi connectivity index (χ4n) is 3.64. The topological polar surface area (TPSA) is 63.0 Å². The van der Waals surface area contributed by atoms with Crippen molar-refractivity contribution in [3.63, 3.8) is 0 Å². The zero-order valence-corrected chi connectivity index (χ0v) is 18.2. The predicted molar refractivity (Wildman–Crippen MR) is 115 cm³/mol. The number of aryl methyl sites for hydroxylation is 1. The summed E-state index contributed by atoms with van der Waals surface area (Å²) < 4.78 is 11.2. The molecule has 1 aliphatic heterocycles. The summed E-state index contributed by atoms with van der Waals surface area (Å²) in [5, 5.41) is 0. The number of nitrogens with zero attached hydrogens (tertiary/aromatic N) is 2. The summed E-state index contributed by atoms with van der Waals surface area (Å²) in [5.74, 6) is 0.511. The second-order valence-electron chi connectivity index (χ2n) is 8.05. The van der Waals surface area contributed by atoms with E-state index in [-0.39, 0.29) is 30.5 Å². The smallest absolute Gasteiger partial charge is 0.254 e. The lowest BCUT2D eigenvalue weighted by molar-refractivity contribution is -0.134. The van der Waals surface area contributed by atoms with Crippen LogP contribution < -0.4 is 0 Å². The van der Waals surface area contributed by atoms with Gasteiger partial charge in [0.05, 0.1) is 18.9 Å². The van der Waals surface area contributed by atoms with Crippen molar-refractivity contribution in [1.29, 1.82) is 0 Å².